The fourth-order valence-corrected chi connectivity index (χ4v) is 4.12. The summed E-state index contributed by atoms with van der Waals surface area (Å²) in [6, 6.07) is 13.2. The number of aromatic carboxylic acids is 1. The van der Waals surface area contributed by atoms with Gasteiger partial charge < -0.3 is 29.5 Å². The molecule has 0 heterocycles. The van der Waals surface area contributed by atoms with E-state index in [2.05, 4.69) is 15.9 Å². The summed E-state index contributed by atoms with van der Waals surface area (Å²) in [5.74, 6) is -0.611. The highest BCUT2D eigenvalue weighted by atomic mass is 79.9. The molecule has 0 aliphatic heterocycles. The zero-order chi connectivity index (χ0) is 24.3. The number of hydrogen-bond donors (Lipinski definition) is 3. The Morgan fingerprint density at radius 1 is 1.09 bits per heavy atom. The molecule has 1 unspecified atom stereocenters. The molecule has 3 rings (SSSR count). The topological polar surface area (TPSA) is 105 Å². The van der Waals surface area contributed by atoms with Crippen molar-refractivity contribution in [1.82, 2.24) is 0 Å². The van der Waals surface area contributed by atoms with Gasteiger partial charge in [-0.25, -0.2) is 4.79 Å². The molecule has 0 bridgehead atoms. The van der Waals surface area contributed by atoms with E-state index in [1.165, 1.54) is 21.0 Å². The second-order valence-electron chi connectivity index (χ2n) is 7.52. The van der Waals surface area contributed by atoms with Crippen molar-refractivity contribution in [2.24, 2.45) is 0 Å². The molecule has 3 aromatic rings. The molecular formula is C25H25BrO7. The summed E-state index contributed by atoms with van der Waals surface area (Å²) in [4.78, 5) is 11.5. The van der Waals surface area contributed by atoms with E-state index in [1.54, 1.807) is 19.1 Å². The van der Waals surface area contributed by atoms with Crippen LogP contribution in [-0.4, -0.2) is 28.4 Å². The molecular weight excluding hydrogens is 492 g/mol. The summed E-state index contributed by atoms with van der Waals surface area (Å²) < 4.78 is 17.5. The number of methoxy groups -OCH3 is 1. The fraction of sp³-hybridized carbons (Fsp3) is 0.240. The van der Waals surface area contributed by atoms with Gasteiger partial charge in [0.05, 0.1) is 17.1 Å². The summed E-state index contributed by atoms with van der Waals surface area (Å²) in [6.07, 6.45) is -1.45. The van der Waals surface area contributed by atoms with E-state index >= 15 is 0 Å². The molecule has 0 aromatic heterocycles. The molecule has 0 radical (unpaired) electrons. The molecule has 1 atom stereocenters. The van der Waals surface area contributed by atoms with E-state index in [0.717, 1.165) is 5.56 Å². The maximum absolute atomic E-state index is 11.5. The number of phenols is 1. The fourth-order valence-electron chi connectivity index (χ4n) is 3.53. The molecule has 0 amide bonds. The first kappa shape index (κ1) is 24.4. The Bertz CT molecular complexity index is 1150. The molecule has 0 saturated carbocycles. The monoisotopic (exact) mass is 516 g/mol. The van der Waals surface area contributed by atoms with Gasteiger partial charge in [0, 0.05) is 11.6 Å². The summed E-state index contributed by atoms with van der Waals surface area (Å²) in [5, 5.41) is 30.7. The van der Waals surface area contributed by atoms with Crippen molar-refractivity contribution < 1.29 is 34.3 Å². The van der Waals surface area contributed by atoms with Crippen LogP contribution in [0.15, 0.2) is 46.9 Å². The third kappa shape index (κ3) is 5.07. The smallest absolute Gasteiger partial charge is 0.339 e. The Hall–Kier alpha value is -3.23. The van der Waals surface area contributed by atoms with E-state index < -0.39 is 18.0 Å². The molecule has 0 spiro atoms. The van der Waals surface area contributed by atoms with Gasteiger partial charge >= 0.3 is 5.97 Å². The van der Waals surface area contributed by atoms with Gasteiger partial charge in [0.15, 0.2) is 0 Å². The molecule has 0 saturated heterocycles. The zero-order valence-corrected chi connectivity index (χ0v) is 20.3. The van der Waals surface area contributed by atoms with Crippen LogP contribution in [-0.2, 0) is 6.61 Å². The number of aryl methyl sites for hydroxylation is 1. The first-order valence-corrected chi connectivity index (χ1v) is 10.9. The quantitative estimate of drug-likeness (QED) is 0.342. The number of carboxylic acids is 1. The first-order chi connectivity index (χ1) is 15.6. The molecule has 8 heteroatoms. The van der Waals surface area contributed by atoms with Crippen LogP contribution in [0.1, 0.15) is 44.5 Å². The maximum atomic E-state index is 11.5. The lowest BCUT2D eigenvalue weighted by Gasteiger charge is -2.23. The zero-order valence-electron chi connectivity index (χ0n) is 18.7. The van der Waals surface area contributed by atoms with Crippen LogP contribution in [0.4, 0.5) is 0 Å². The molecule has 7 nitrogen and oxygen atoms in total. The van der Waals surface area contributed by atoms with E-state index in [9.17, 15) is 20.1 Å². The van der Waals surface area contributed by atoms with E-state index in [1.807, 2.05) is 30.3 Å². The Morgan fingerprint density at radius 3 is 2.36 bits per heavy atom. The predicted molar refractivity (Wildman–Crippen MR) is 126 cm³/mol. The Labute approximate surface area is 200 Å². The van der Waals surface area contributed by atoms with Crippen molar-refractivity contribution in [3.05, 3.63) is 80.3 Å². The lowest BCUT2D eigenvalue weighted by atomic mass is 10.0. The van der Waals surface area contributed by atoms with Crippen LogP contribution in [0, 0.1) is 20.8 Å². The molecule has 3 aromatic carbocycles. The van der Waals surface area contributed by atoms with Gasteiger partial charge in [-0.3, -0.25) is 0 Å². The van der Waals surface area contributed by atoms with Gasteiger partial charge in [0.2, 0.25) is 6.29 Å². The van der Waals surface area contributed by atoms with E-state index in [4.69, 9.17) is 14.2 Å². The lowest BCUT2D eigenvalue weighted by molar-refractivity contribution is -0.0227. The Kier molecular flexibility index (Phi) is 7.50. The Morgan fingerprint density at radius 2 is 1.76 bits per heavy atom. The number of ether oxygens (including phenoxy) is 3. The van der Waals surface area contributed by atoms with Gasteiger partial charge in [-0.1, -0.05) is 30.3 Å². The Balaban J connectivity index is 1.91. The van der Waals surface area contributed by atoms with Crippen LogP contribution >= 0.6 is 15.9 Å². The number of carboxylic acid groups (broad SMARTS) is 1. The van der Waals surface area contributed by atoms with Crippen molar-refractivity contribution in [3.8, 4) is 23.0 Å². The van der Waals surface area contributed by atoms with Crippen molar-refractivity contribution in [3.63, 3.8) is 0 Å². The molecule has 33 heavy (non-hydrogen) atoms. The number of hydrogen-bond acceptors (Lipinski definition) is 6. The number of aliphatic hydroxyl groups excluding tert-OH is 1. The molecule has 0 aliphatic carbocycles. The average molecular weight is 517 g/mol. The van der Waals surface area contributed by atoms with Gasteiger partial charge in [0.25, 0.3) is 0 Å². The second-order valence-corrected chi connectivity index (χ2v) is 8.32. The van der Waals surface area contributed by atoms with Crippen LogP contribution in [0.2, 0.25) is 0 Å². The summed E-state index contributed by atoms with van der Waals surface area (Å²) in [6.45, 7) is 5.22. The minimum absolute atomic E-state index is 0.133. The minimum atomic E-state index is -1.45. The van der Waals surface area contributed by atoms with Crippen molar-refractivity contribution in [2.45, 2.75) is 33.7 Å². The van der Waals surface area contributed by atoms with Crippen molar-refractivity contribution in [2.75, 3.05) is 7.11 Å². The van der Waals surface area contributed by atoms with Gasteiger partial charge in [-0.2, -0.15) is 0 Å². The highest BCUT2D eigenvalue weighted by molar-refractivity contribution is 9.10. The third-order valence-corrected chi connectivity index (χ3v) is 6.27. The second kappa shape index (κ2) is 10.1. The number of benzene rings is 3. The van der Waals surface area contributed by atoms with Crippen molar-refractivity contribution in [1.29, 1.82) is 0 Å². The first-order valence-electron chi connectivity index (χ1n) is 10.1. The van der Waals surface area contributed by atoms with Crippen LogP contribution in [0.3, 0.4) is 0 Å². The normalized spacial score (nSPS) is 11.7. The van der Waals surface area contributed by atoms with Gasteiger partial charge in [-0.05, 0) is 59.5 Å². The van der Waals surface area contributed by atoms with Crippen LogP contribution < -0.4 is 14.2 Å². The van der Waals surface area contributed by atoms with Gasteiger partial charge in [0.1, 0.15) is 35.2 Å². The van der Waals surface area contributed by atoms with E-state index in [0.29, 0.717) is 33.7 Å². The number of aliphatic hydroxyl groups is 1. The van der Waals surface area contributed by atoms with Gasteiger partial charge in [-0.15, -0.1) is 0 Å². The summed E-state index contributed by atoms with van der Waals surface area (Å²) >= 11 is 3.33. The SMILES string of the molecule is COc1cc(OCc2ccccc2)cc(C)c1C(O)Oc1c(C)c(O)c(C(=O)O)c(C)c1Br. The number of halogens is 1. The number of aromatic hydroxyl groups is 1. The molecule has 0 fully saturated rings. The standard InChI is InChI=1S/C25H25BrO7/c1-13-10-17(32-12-16-8-6-5-7-9-16)11-18(31-4)19(13)25(30)33-23-15(3)22(27)20(24(28)29)14(2)21(23)26/h5-11,25,27,30H,12H2,1-4H3,(H,28,29). The number of carbonyl (C=O) groups is 1. The summed E-state index contributed by atoms with van der Waals surface area (Å²) in [5.41, 5.74) is 2.30. The van der Waals surface area contributed by atoms with E-state index in [-0.39, 0.29) is 22.4 Å². The minimum Gasteiger partial charge on any atom is -0.507 e. The highest BCUT2D eigenvalue weighted by Crippen LogP contribution is 2.43. The average Bonchev–Trinajstić information content (AvgIpc) is 2.79. The van der Waals surface area contributed by atoms with Crippen LogP contribution in [0.25, 0.3) is 0 Å². The summed E-state index contributed by atoms with van der Waals surface area (Å²) in [7, 11) is 1.48. The molecule has 3 N–H and O–H groups in total. The van der Waals surface area contributed by atoms with Crippen molar-refractivity contribution >= 4 is 21.9 Å². The third-order valence-electron chi connectivity index (χ3n) is 5.32. The lowest BCUT2D eigenvalue weighted by Crippen LogP contribution is -2.13. The largest absolute Gasteiger partial charge is 0.507 e. The highest BCUT2D eigenvalue weighted by Gasteiger charge is 2.27. The van der Waals surface area contributed by atoms with Crippen LogP contribution in [0.5, 0.6) is 23.0 Å². The molecule has 0 aliphatic rings. The number of rotatable bonds is 8. The predicted octanol–water partition coefficient (Wildman–Crippen LogP) is 5.44. The maximum Gasteiger partial charge on any atom is 0.339 e. The molecule has 174 valence electrons.